The molecule has 0 amide bonds. The van der Waals surface area contributed by atoms with E-state index >= 15 is 0 Å². The number of nitrogens with zero attached hydrogens (tertiary/aromatic N) is 2. The SMILES string of the molecule is CCCCCCCCCCCCCCCc1cc(O)cc(S(=O)(=O)c2ccc(N=Nc3cc(OC(C)C)c4ccccc4c3O)cc2)c1O. The van der Waals surface area contributed by atoms with E-state index in [2.05, 4.69) is 17.2 Å². The zero-order chi connectivity index (χ0) is 35.2. The maximum atomic E-state index is 13.6. The topological polar surface area (TPSA) is 129 Å². The first-order valence-electron chi connectivity index (χ1n) is 17.8. The predicted octanol–water partition coefficient (Wildman–Crippen LogP) is 11.6. The van der Waals surface area contributed by atoms with Crippen LogP contribution in [-0.2, 0) is 16.3 Å². The van der Waals surface area contributed by atoms with E-state index in [-0.39, 0.29) is 38.8 Å². The first-order valence-corrected chi connectivity index (χ1v) is 19.3. The molecule has 3 N–H and O–H groups in total. The lowest BCUT2D eigenvalue weighted by Crippen LogP contribution is -2.05. The fourth-order valence-electron chi connectivity index (χ4n) is 6.05. The summed E-state index contributed by atoms with van der Waals surface area (Å²) in [4.78, 5) is -0.384. The van der Waals surface area contributed by atoms with Gasteiger partial charge in [0, 0.05) is 22.9 Å². The van der Waals surface area contributed by atoms with Crippen LogP contribution in [-0.4, -0.2) is 29.8 Å². The molecule has 0 unspecified atom stereocenters. The zero-order valence-electron chi connectivity index (χ0n) is 29.2. The van der Waals surface area contributed by atoms with Crippen LogP contribution in [0.2, 0.25) is 0 Å². The average Bonchev–Trinajstić information content (AvgIpc) is 3.08. The minimum Gasteiger partial charge on any atom is -0.508 e. The van der Waals surface area contributed by atoms with Gasteiger partial charge in [-0.2, -0.15) is 5.11 Å². The largest absolute Gasteiger partial charge is 0.508 e. The number of benzene rings is 4. The third kappa shape index (κ3) is 10.7. The molecule has 0 radical (unpaired) electrons. The van der Waals surface area contributed by atoms with Crippen molar-refractivity contribution >= 4 is 32.0 Å². The molecule has 0 bridgehead atoms. The molecule has 9 heteroatoms. The van der Waals surface area contributed by atoms with Gasteiger partial charge in [0.1, 0.15) is 27.8 Å². The van der Waals surface area contributed by atoms with Crippen LogP contribution in [0.5, 0.6) is 23.0 Å². The Morgan fingerprint density at radius 2 is 1.24 bits per heavy atom. The molecular formula is C40H52N2O6S. The van der Waals surface area contributed by atoms with Gasteiger partial charge in [0.05, 0.1) is 16.7 Å². The Morgan fingerprint density at radius 3 is 1.84 bits per heavy atom. The number of aryl methyl sites for hydroxylation is 1. The highest BCUT2D eigenvalue weighted by Gasteiger charge is 2.24. The number of phenolic OH excluding ortho intramolecular Hbond substituents is 3. The summed E-state index contributed by atoms with van der Waals surface area (Å²) in [5.74, 6) is -0.00372. The molecule has 4 aromatic carbocycles. The summed E-state index contributed by atoms with van der Waals surface area (Å²) in [6.45, 7) is 6.07. The number of hydrogen-bond acceptors (Lipinski definition) is 8. The molecule has 4 rings (SSSR count). The fourth-order valence-corrected chi connectivity index (χ4v) is 7.46. The first-order chi connectivity index (χ1) is 23.6. The van der Waals surface area contributed by atoms with Crippen LogP contribution in [0.4, 0.5) is 11.4 Å². The molecule has 0 saturated heterocycles. The van der Waals surface area contributed by atoms with E-state index in [0.29, 0.717) is 28.8 Å². The number of ether oxygens (including phenoxy) is 1. The second-order valence-electron chi connectivity index (χ2n) is 13.1. The molecule has 4 aromatic rings. The monoisotopic (exact) mass is 688 g/mol. The van der Waals surface area contributed by atoms with Gasteiger partial charge in [0.25, 0.3) is 0 Å². The van der Waals surface area contributed by atoms with Gasteiger partial charge in [0.15, 0.2) is 5.75 Å². The molecule has 264 valence electrons. The van der Waals surface area contributed by atoms with Crippen molar-refractivity contribution in [1.29, 1.82) is 0 Å². The summed E-state index contributed by atoms with van der Waals surface area (Å²) in [7, 11) is -4.14. The number of hydrogen-bond donors (Lipinski definition) is 3. The molecule has 49 heavy (non-hydrogen) atoms. The van der Waals surface area contributed by atoms with Gasteiger partial charge in [-0.05, 0) is 62.6 Å². The quantitative estimate of drug-likeness (QED) is 0.0481. The Hall–Kier alpha value is -4.11. The summed E-state index contributed by atoms with van der Waals surface area (Å²) >= 11 is 0. The number of sulfone groups is 1. The van der Waals surface area contributed by atoms with Crippen LogP contribution in [0.1, 0.15) is 110 Å². The van der Waals surface area contributed by atoms with Crippen LogP contribution in [0.15, 0.2) is 86.7 Å². The second kappa shape index (κ2) is 18.6. The smallest absolute Gasteiger partial charge is 0.210 e. The van der Waals surface area contributed by atoms with Crippen molar-refractivity contribution in [3.63, 3.8) is 0 Å². The Labute approximate surface area is 291 Å². The first kappa shape index (κ1) is 37.7. The van der Waals surface area contributed by atoms with Gasteiger partial charge in [-0.3, -0.25) is 0 Å². The normalized spacial score (nSPS) is 12.0. The van der Waals surface area contributed by atoms with Crippen molar-refractivity contribution in [2.45, 2.75) is 127 Å². The lowest BCUT2D eigenvalue weighted by atomic mass is 10.0. The maximum Gasteiger partial charge on any atom is 0.210 e. The lowest BCUT2D eigenvalue weighted by Gasteiger charge is -2.14. The van der Waals surface area contributed by atoms with Crippen LogP contribution >= 0.6 is 0 Å². The van der Waals surface area contributed by atoms with Crippen molar-refractivity contribution < 1.29 is 28.5 Å². The van der Waals surface area contributed by atoms with E-state index in [9.17, 15) is 23.7 Å². The summed E-state index contributed by atoms with van der Waals surface area (Å²) in [5, 5.41) is 42.0. The van der Waals surface area contributed by atoms with Crippen LogP contribution in [0.3, 0.4) is 0 Å². The van der Waals surface area contributed by atoms with E-state index in [0.717, 1.165) is 30.7 Å². The van der Waals surface area contributed by atoms with Crippen molar-refractivity contribution in [3.8, 4) is 23.0 Å². The molecule has 0 aliphatic carbocycles. The standard InChI is InChI=1S/C40H52N2O6S/c1-4-5-6-7-8-9-10-11-12-13-14-15-16-19-30-26-32(43)27-38(39(30)44)49(46,47)33-24-22-31(23-25-33)41-42-36-28-37(48-29(2)3)34-20-17-18-21-35(34)40(36)45/h17-18,20-29,43-45H,4-16,19H2,1-3H3. The van der Waals surface area contributed by atoms with Gasteiger partial charge in [0.2, 0.25) is 9.84 Å². The number of aromatic hydroxyl groups is 3. The number of phenols is 3. The van der Waals surface area contributed by atoms with Crippen molar-refractivity contribution in [3.05, 3.63) is 72.3 Å². The molecule has 0 heterocycles. The third-order valence-electron chi connectivity index (χ3n) is 8.72. The van der Waals surface area contributed by atoms with Crippen molar-refractivity contribution in [2.24, 2.45) is 10.2 Å². The van der Waals surface area contributed by atoms with Gasteiger partial charge in [-0.15, -0.1) is 5.11 Å². The molecule has 8 nitrogen and oxygen atoms in total. The highest BCUT2D eigenvalue weighted by atomic mass is 32.2. The van der Waals surface area contributed by atoms with Crippen molar-refractivity contribution in [2.75, 3.05) is 0 Å². The summed E-state index contributed by atoms with van der Waals surface area (Å²) in [6, 6.07) is 17.2. The summed E-state index contributed by atoms with van der Waals surface area (Å²) in [5.41, 5.74) is 0.996. The van der Waals surface area contributed by atoms with Gasteiger partial charge in [-0.1, -0.05) is 108 Å². The molecule has 0 fully saturated rings. The maximum absolute atomic E-state index is 13.6. The summed E-state index contributed by atoms with van der Waals surface area (Å²) in [6.07, 6.45) is 16.3. The molecule has 0 spiro atoms. The molecule has 0 atom stereocenters. The Bertz CT molecular complexity index is 1790. The number of rotatable bonds is 20. The third-order valence-corrected chi connectivity index (χ3v) is 10.5. The van der Waals surface area contributed by atoms with Gasteiger partial charge in [-0.25, -0.2) is 8.42 Å². The minimum absolute atomic E-state index is 0.0383. The zero-order valence-corrected chi connectivity index (χ0v) is 30.0. The Morgan fingerprint density at radius 1 is 0.673 bits per heavy atom. The Balaban J connectivity index is 1.35. The molecule has 0 saturated carbocycles. The summed E-state index contributed by atoms with van der Waals surface area (Å²) < 4.78 is 33.1. The van der Waals surface area contributed by atoms with E-state index in [1.807, 2.05) is 32.0 Å². The van der Waals surface area contributed by atoms with Crippen LogP contribution < -0.4 is 4.74 Å². The van der Waals surface area contributed by atoms with Gasteiger partial charge < -0.3 is 20.1 Å². The van der Waals surface area contributed by atoms with Crippen LogP contribution in [0.25, 0.3) is 10.8 Å². The molecule has 0 aliphatic rings. The number of azo groups is 1. The van der Waals surface area contributed by atoms with E-state index < -0.39 is 9.84 Å². The van der Waals surface area contributed by atoms with Gasteiger partial charge >= 0.3 is 0 Å². The highest BCUT2D eigenvalue weighted by molar-refractivity contribution is 7.91. The van der Waals surface area contributed by atoms with E-state index in [4.69, 9.17) is 4.74 Å². The highest BCUT2D eigenvalue weighted by Crippen LogP contribution is 2.42. The average molecular weight is 689 g/mol. The Kier molecular flexibility index (Phi) is 14.3. The van der Waals surface area contributed by atoms with Crippen LogP contribution in [0, 0.1) is 0 Å². The second-order valence-corrected chi connectivity index (χ2v) is 15.0. The van der Waals surface area contributed by atoms with E-state index in [1.54, 1.807) is 12.1 Å². The van der Waals surface area contributed by atoms with E-state index in [1.165, 1.54) is 94.5 Å². The molecule has 0 aliphatic heterocycles. The number of fused-ring (bicyclic) bond motifs is 1. The lowest BCUT2D eigenvalue weighted by molar-refractivity contribution is 0.245. The molecular weight excluding hydrogens is 637 g/mol. The molecule has 0 aromatic heterocycles. The van der Waals surface area contributed by atoms with Crippen molar-refractivity contribution in [1.82, 2.24) is 0 Å². The minimum atomic E-state index is -4.14. The fraction of sp³-hybridized carbons (Fsp3) is 0.450. The number of unbranched alkanes of at least 4 members (excludes halogenated alkanes) is 12. The predicted molar refractivity (Wildman–Crippen MR) is 197 cm³/mol.